The summed E-state index contributed by atoms with van der Waals surface area (Å²) in [5.74, 6) is 2.98. The molecule has 0 radical (unpaired) electrons. The maximum absolute atomic E-state index is 12.8. The molecule has 0 saturated carbocycles. The van der Waals surface area contributed by atoms with Crippen molar-refractivity contribution in [2.24, 2.45) is 18.9 Å². The minimum absolute atomic E-state index is 0.251. The average molecular weight is 406 g/mol. The zero-order valence-electron chi connectivity index (χ0n) is 17.4. The highest BCUT2D eigenvalue weighted by atomic mass is 16.5. The summed E-state index contributed by atoms with van der Waals surface area (Å²) in [6.07, 6.45) is 4.71. The number of anilines is 1. The summed E-state index contributed by atoms with van der Waals surface area (Å²) in [4.78, 5) is 30.4. The van der Waals surface area contributed by atoms with Crippen LogP contribution in [0.15, 0.2) is 36.9 Å². The van der Waals surface area contributed by atoms with Crippen LogP contribution in [0.5, 0.6) is 5.75 Å². The van der Waals surface area contributed by atoms with Crippen LogP contribution in [0.1, 0.15) is 12.0 Å². The van der Waals surface area contributed by atoms with E-state index in [0.717, 1.165) is 60.9 Å². The molecule has 2 aromatic heterocycles. The number of aromatic nitrogens is 4. The van der Waals surface area contributed by atoms with Gasteiger partial charge in [0.15, 0.2) is 17.0 Å². The highest BCUT2D eigenvalue weighted by molar-refractivity contribution is 5.83. The van der Waals surface area contributed by atoms with Gasteiger partial charge in [-0.1, -0.05) is 12.1 Å². The topological polar surface area (TPSA) is 76.4 Å². The third-order valence-electron chi connectivity index (χ3n) is 6.40. The molecule has 0 aliphatic carbocycles. The van der Waals surface area contributed by atoms with Crippen molar-refractivity contribution in [1.29, 1.82) is 0 Å². The van der Waals surface area contributed by atoms with Crippen LogP contribution in [0.25, 0.3) is 11.2 Å². The second-order valence-electron chi connectivity index (χ2n) is 8.30. The lowest BCUT2D eigenvalue weighted by Crippen LogP contribution is -2.33. The van der Waals surface area contributed by atoms with E-state index in [-0.39, 0.29) is 5.91 Å². The number of rotatable bonds is 5. The Morgan fingerprint density at radius 2 is 1.80 bits per heavy atom. The fourth-order valence-corrected chi connectivity index (χ4v) is 4.74. The van der Waals surface area contributed by atoms with Gasteiger partial charge in [0, 0.05) is 51.5 Å². The number of imidazole rings is 1. The third kappa shape index (κ3) is 3.36. The van der Waals surface area contributed by atoms with E-state index in [2.05, 4.69) is 19.9 Å². The Bertz CT molecular complexity index is 1050. The molecule has 2 unspecified atom stereocenters. The third-order valence-corrected chi connectivity index (χ3v) is 6.40. The number of fused-ring (bicyclic) bond motifs is 2. The van der Waals surface area contributed by atoms with Gasteiger partial charge in [0.2, 0.25) is 5.91 Å². The van der Waals surface area contributed by atoms with E-state index in [1.54, 1.807) is 19.8 Å². The van der Waals surface area contributed by atoms with Crippen LogP contribution in [-0.2, 0) is 18.3 Å². The minimum atomic E-state index is 0.251. The van der Waals surface area contributed by atoms with Crippen LogP contribution in [0.4, 0.5) is 5.82 Å². The van der Waals surface area contributed by atoms with Crippen LogP contribution in [0.2, 0.25) is 0 Å². The zero-order valence-corrected chi connectivity index (χ0v) is 17.4. The average Bonchev–Trinajstić information content (AvgIpc) is 3.46. The molecule has 8 nitrogen and oxygen atoms in total. The summed E-state index contributed by atoms with van der Waals surface area (Å²) in [7, 11) is 3.61. The van der Waals surface area contributed by atoms with Gasteiger partial charge in [0.1, 0.15) is 12.1 Å². The van der Waals surface area contributed by atoms with E-state index in [4.69, 9.17) is 4.74 Å². The van der Waals surface area contributed by atoms with Crippen LogP contribution in [0, 0.1) is 11.8 Å². The van der Waals surface area contributed by atoms with Gasteiger partial charge in [-0.05, 0) is 24.1 Å². The van der Waals surface area contributed by atoms with Crippen LogP contribution < -0.4 is 9.64 Å². The number of carbonyl (C=O) groups is 1. The molecular formula is C22H26N6O2. The van der Waals surface area contributed by atoms with Crippen molar-refractivity contribution >= 4 is 22.9 Å². The van der Waals surface area contributed by atoms with E-state index >= 15 is 0 Å². The molecule has 2 aliphatic heterocycles. The molecule has 8 heteroatoms. The molecule has 2 fully saturated rings. The van der Waals surface area contributed by atoms with Gasteiger partial charge >= 0.3 is 0 Å². The van der Waals surface area contributed by atoms with Gasteiger partial charge in [0.05, 0.1) is 13.4 Å². The molecule has 2 saturated heterocycles. The number of methoxy groups -OCH3 is 1. The molecule has 2 atom stereocenters. The van der Waals surface area contributed by atoms with Gasteiger partial charge in [-0.2, -0.15) is 0 Å². The lowest BCUT2D eigenvalue weighted by atomic mass is 10.0. The molecule has 156 valence electrons. The Morgan fingerprint density at radius 3 is 2.50 bits per heavy atom. The largest absolute Gasteiger partial charge is 0.497 e. The Balaban J connectivity index is 1.19. The number of hydrogen-bond acceptors (Lipinski definition) is 6. The summed E-state index contributed by atoms with van der Waals surface area (Å²) in [5, 5.41) is 0. The van der Waals surface area contributed by atoms with Crippen LogP contribution in [-0.4, -0.2) is 63.6 Å². The smallest absolute Gasteiger partial charge is 0.222 e. The second-order valence-corrected chi connectivity index (χ2v) is 8.30. The number of aryl methyl sites for hydroxylation is 2. The molecule has 3 aromatic rings. The lowest BCUT2D eigenvalue weighted by Gasteiger charge is -2.22. The SMILES string of the molecule is COc1ccc(CCC(=O)N2CC3CN(c4ncnc5c4ncn5C)CC3C2)cc1. The first-order valence-electron chi connectivity index (χ1n) is 10.4. The first kappa shape index (κ1) is 18.8. The first-order chi connectivity index (χ1) is 14.6. The van der Waals surface area contributed by atoms with E-state index < -0.39 is 0 Å². The molecule has 0 N–H and O–H groups in total. The maximum atomic E-state index is 12.8. The van der Waals surface area contributed by atoms with Gasteiger partial charge in [-0.25, -0.2) is 15.0 Å². The van der Waals surface area contributed by atoms with E-state index in [9.17, 15) is 4.79 Å². The Morgan fingerprint density at radius 1 is 1.07 bits per heavy atom. The highest BCUT2D eigenvalue weighted by Crippen LogP contribution is 2.35. The zero-order chi connectivity index (χ0) is 20.7. The molecule has 4 heterocycles. The lowest BCUT2D eigenvalue weighted by molar-refractivity contribution is -0.130. The highest BCUT2D eigenvalue weighted by Gasteiger charge is 2.42. The Kier molecular flexibility index (Phi) is 4.77. The van der Waals surface area contributed by atoms with E-state index in [0.29, 0.717) is 18.3 Å². The van der Waals surface area contributed by atoms with Crippen molar-refractivity contribution in [2.75, 3.05) is 38.2 Å². The molecule has 0 bridgehead atoms. The molecule has 0 spiro atoms. The van der Waals surface area contributed by atoms with E-state index in [1.807, 2.05) is 40.8 Å². The molecule has 1 amide bonds. The second kappa shape index (κ2) is 7.59. The molecule has 2 aliphatic rings. The van der Waals surface area contributed by atoms with Crippen molar-refractivity contribution in [1.82, 2.24) is 24.4 Å². The summed E-state index contributed by atoms with van der Waals surface area (Å²) < 4.78 is 7.11. The molecule has 5 rings (SSSR count). The number of amides is 1. The van der Waals surface area contributed by atoms with E-state index in [1.165, 1.54) is 0 Å². The minimum Gasteiger partial charge on any atom is -0.497 e. The van der Waals surface area contributed by atoms with Crippen LogP contribution >= 0.6 is 0 Å². The fraction of sp³-hybridized carbons (Fsp3) is 0.455. The number of ether oxygens (including phenoxy) is 1. The van der Waals surface area contributed by atoms with Crippen molar-refractivity contribution < 1.29 is 9.53 Å². The molecule has 1 aromatic carbocycles. The first-order valence-corrected chi connectivity index (χ1v) is 10.4. The normalized spacial score (nSPS) is 20.7. The number of nitrogens with zero attached hydrogens (tertiary/aromatic N) is 6. The Hall–Kier alpha value is -3.16. The number of likely N-dealkylation sites (tertiary alicyclic amines) is 1. The summed E-state index contributed by atoms with van der Waals surface area (Å²) in [5.41, 5.74) is 2.87. The monoisotopic (exact) mass is 406 g/mol. The van der Waals surface area contributed by atoms with Gasteiger partial charge < -0.3 is 19.1 Å². The summed E-state index contributed by atoms with van der Waals surface area (Å²) >= 11 is 0. The predicted molar refractivity (Wildman–Crippen MR) is 113 cm³/mol. The van der Waals surface area contributed by atoms with Crippen molar-refractivity contribution in [3.8, 4) is 5.75 Å². The van der Waals surface area contributed by atoms with Crippen LogP contribution in [0.3, 0.4) is 0 Å². The molecule has 30 heavy (non-hydrogen) atoms. The Labute approximate surface area is 175 Å². The quantitative estimate of drug-likeness (QED) is 0.644. The van der Waals surface area contributed by atoms with Gasteiger partial charge in [-0.15, -0.1) is 0 Å². The van der Waals surface area contributed by atoms with Crippen molar-refractivity contribution in [3.05, 3.63) is 42.5 Å². The number of benzene rings is 1. The summed E-state index contributed by atoms with van der Waals surface area (Å²) in [6.45, 7) is 3.49. The predicted octanol–water partition coefficient (Wildman–Crippen LogP) is 1.90. The summed E-state index contributed by atoms with van der Waals surface area (Å²) in [6, 6.07) is 7.95. The standard InChI is InChI=1S/C22H26N6O2/c1-26-14-25-20-21(26)23-13-24-22(20)28-11-16-9-27(10-17(16)12-28)19(29)8-5-15-3-6-18(30-2)7-4-15/h3-4,6-7,13-14,16-17H,5,8-12H2,1-2H3. The molecular weight excluding hydrogens is 380 g/mol. The van der Waals surface area contributed by atoms with Gasteiger partial charge in [0.25, 0.3) is 0 Å². The number of carbonyl (C=O) groups excluding carboxylic acids is 1. The fourth-order valence-electron chi connectivity index (χ4n) is 4.74. The van der Waals surface area contributed by atoms with Crippen molar-refractivity contribution in [2.45, 2.75) is 12.8 Å². The van der Waals surface area contributed by atoms with Crippen molar-refractivity contribution in [3.63, 3.8) is 0 Å². The van der Waals surface area contributed by atoms with Gasteiger partial charge in [-0.3, -0.25) is 4.79 Å². The number of hydrogen-bond donors (Lipinski definition) is 0. The maximum Gasteiger partial charge on any atom is 0.222 e.